The van der Waals surface area contributed by atoms with E-state index in [9.17, 15) is 4.39 Å². The van der Waals surface area contributed by atoms with E-state index in [0.29, 0.717) is 5.92 Å². The number of halogens is 1. The van der Waals surface area contributed by atoms with Gasteiger partial charge in [-0.1, -0.05) is 6.07 Å². The first-order valence-corrected chi connectivity index (χ1v) is 5.10. The molecule has 0 aliphatic carbocycles. The highest BCUT2D eigenvalue weighted by Crippen LogP contribution is 2.31. The molecule has 0 saturated carbocycles. The second-order valence-electron chi connectivity index (χ2n) is 3.19. The van der Waals surface area contributed by atoms with E-state index in [0.717, 1.165) is 13.1 Å². The molecular weight excluding hydrogens is 173 g/mol. The summed E-state index contributed by atoms with van der Waals surface area (Å²) < 4.78 is 12.5. The minimum Gasteiger partial charge on any atom is -0.316 e. The normalized spacial score (nSPS) is 29.4. The SMILES string of the molecule is FC[C@H]1CNC[C@H]1c1cccs1. The molecule has 2 heterocycles. The monoisotopic (exact) mass is 185 g/mol. The molecule has 1 nitrogen and oxygen atoms in total. The molecule has 0 unspecified atom stereocenters. The highest BCUT2D eigenvalue weighted by Gasteiger charge is 2.28. The molecule has 0 radical (unpaired) electrons. The topological polar surface area (TPSA) is 12.0 Å². The van der Waals surface area contributed by atoms with Crippen molar-refractivity contribution in [3.63, 3.8) is 0 Å². The Kier molecular flexibility index (Phi) is 2.42. The molecule has 3 heteroatoms. The third kappa shape index (κ3) is 1.39. The predicted octanol–water partition coefficient (Wildman–Crippen LogP) is 2.02. The van der Waals surface area contributed by atoms with Gasteiger partial charge in [0.05, 0.1) is 6.67 Å². The smallest absolute Gasteiger partial charge is 0.0941 e. The minimum atomic E-state index is -0.199. The maximum atomic E-state index is 12.5. The van der Waals surface area contributed by atoms with Crippen molar-refractivity contribution < 1.29 is 4.39 Å². The molecule has 0 bridgehead atoms. The molecule has 0 spiro atoms. The van der Waals surface area contributed by atoms with Gasteiger partial charge >= 0.3 is 0 Å². The number of nitrogens with one attached hydrogen (secondary N) is 1. The van der Waals surface area contributed by atoms with Crippen molar-refractivity contribution >= 4 is 11.3 Å². The van der Waals surface area contributed by atoms with Crippen molar-refractivity contribution in [2.45, 2.75) is 5.92 Å². The van der Waals surface area contributed by atoms with E-state index in [4.69, 9.17) is 0 Å². The van der Waals surface area contributed by atoms with Crippen LogP contribution in [0.15, 0.2) is 17.5 Å². The number of rotatable bonds is 2. The maximum Gasteiger partial charge on any atom is 0.0941 e. The van der Waals surface area contributed by atoms with Crippen molar-refractivity contribution in [1.29, 1.82) is 0 Å². The Morgan fingerprint density at radius 3 is 3.17 bits per heavy atom. The molecule has 2 atom stereocenters. The van der Waals surface area contributed by atoms with Crippen LogP contribution in [0.1, 0.15) is 10.8 Å². The van der Waals surface area contributed by atoms with Crippen LogP contribution in [0.5, 0.6) is 0 Å². The Balaban J connectivity index is 2.13. The fourth-order valence-electron chi connectivity index (χ4n) is 1.73. The Hall–Kier alpha value is -0.410. The molecule has 1 aromatic rings. The van der Waals surface area contributed by atoms with Crippen LogP contribution in [0.4, 0.5) is 4.39 Å². The van der Waals surface area contributed by atoms with Gasteiger partial charge in [0.25, 0.3) is 0 Å². The molecule has 66 valence electrons. The fourth-order valence-corrected chi connectivity index (χ4v) is 2.65. The molecule has 1 N–H and O–H groups in total. The van der Waals surface area contributed by atoms with Gasteiger partial charge in [0, 0.05) is 29.8 Å². The van der Waals surface area contributed by atoms with Gasteiger partial charge in [-0.25, -0.2) is 0 Å². The largest absolute Gasteiger partial charge is 0.316 e. The predicted molar refractivity (Wildman–Crippen MR) is 49.4 cm³/mol. The van der Waals surface area contributed by atoms with Crippen molar-refractivity contribution in [2.75, 3.05) is 19.8 Å². The summed E-state index contributed by atoms with van der Waals surface area (Å²) >= 11 is 1.73. The summed E-state index contributed by atoms with van der Waals surface area (Å²) in [4.78, 5) is 1.32. The van der Waals surface area contributed by atoms with Gasteiger partial charge in [-0.05, 0) is 11.4 Å². The third-order valence-corrected chi connectivity index (χ3v) is 3.45. The van der Waals surface area contributed by atoms with Crippen molar-refractivity contribution in [2.24, 2.45) is 5.92 Å². The molecule has 1 fully saturated rings. The van der Waals surface area contributed by atoms with Crippen LogP contribution in [0.2, 0.25) is 0 Å². The van der Waals surface area contributed by atoms with Crippen LogP contribution in [0, 0.1) is 5.92 Å². The third-order valence-electron chi connectivity index (χ3n) is 2.45. The summed E-state index contributed by atoms with van der Waals surface area (Å²) in [7, 11) is 0. The summed E-state index contributed by atoms with van der Waals surface area (Å²) in [5, 5.41) is 5.29. The zero-order chi connectivity index (χ0) is 8.39. The van der Waals surface area contributed by atoms with Crippen molar-refractivity contribution in [3.05, 3.63) is 22.4 Å². The average molecular weight is 185 g/mol. The van der Waals surface area contributed by atoms with E-state index in [2.05, 4.69) is 16.8 Å². The lowest BCUT2D eigenvalue weighted by Gasteiger charge is -2.12. The maximum absolute atomic E-state index is 12.5. The standard InChI is InChI=1S/C9H12FNS/c10-4-7-5-11-6-8(7)9-2-1-3-12-9/h1-3,7-8,11H,4-6H2/t7-,8+/m0/s1. The van der Waals surface area contributed by atoms with Gasteiger partial charge < -0.3 is 5.32 Å². The summed E-state index contributed by atoms with van der Waals surface area (Å²) in [6.07, 6.45) is 0. The molecule has 2 rings (SSSR count). The van der Waals surface area contributed by atoms with Crippen LogP contribution in [0.25, 0.3) is 0 Å². The van der Waals surface area contributed by atoms with E-state index >= 15 is 0 Å². The van der Waals surface area contributed by atoms with Crippen molar-refractivity contribution in [1.82, 2.24) is 5.32 Å². The fraction of sp³-hybridized carbons (Fsp3) is 0.556. The zero-order valence-corrected chi connectivity index (χ0v) is 7.61. The first-order valence-electron chi connectivity index (χ1n) is 4.22. The van der Waals surface area contributed by atoms with Crippen LogP contribution in [-0.4, -0.2) is 19.8 Å². The Morgan fingerprint density at radius 1 is 1.58 bits per heavy atom. The quantitative estimate of drug-likeness (QED) is 0.743. The summed E-state index contributed by atoms with van der Waals surface area (Å²) in [5.41, 5.74) is 0. The molecule has 12 heavy (non-hydrogen) atoms. The second-order valence-corrected chi connectivity index (χ2v) is 4.17. The lowest BCUT2D eigenvalue weighted by molar-refractivity contribution is 0.360. The highest BCUT2D eigenvalue weighted by molar-refractivity contribution is 7.10. The number of hydrogen-bond donors (Lipinski definition) is 1. The summed E-state index contributed by atoms with van der Waals surface area (Å²) in [5.74, 6) is 0.610. The van der Waals surface area contributed by atoms with E-state index in [-0.39, 0.29) is 12.6 Å². The Morgan fingerprint density at radius 2 is 2.50 bits per heavy atom. The van der Waals surface area contributed by atoms with Gasteiger partial charge in [-0.2, -0.15) is 0 Å². The van der Waals surface area contributed by atoms with E-state index < -0.39 is 0 Å². The molecular formula is C9H12FNS. The van der Waals surface area contributed by atoms with Crippen LogP contribution < -0.4 is 5.32 Å². The van der Waals surface area contributed by atoms with Crippen molar-refractivity contribution in [3.8, 4) is 0 Å². The van der Waals surface area contributed by atoms with Crippen LogP contribution >= 0.6 is 11.3 Å². The van der Waals surface area contributed by atoms with Crippen LogP contribution in [0.3, 0.4) is 0 Å². The number of alkyl halides is 1. The van der Waals surface area contributed by atoms with E-state index in [1.54, 1.807) is 11.3 Å². The summed E-state index contributed by atoms with van der Waals surface area (Å²) in [6, 6.07) is 4.14. The first kappa shape index (κ1) is 8.20. The lowest BCUT2D eigenvalue weighted by atomic mass is 9.96. The number of hydrogen-bond acceptors (Lipinski definition) is 2. The van der Waals surface area contributed by atoms with Gasteiger partial charge in [0.2, 0.25) is 0 Å². The molecule has 1 aromatic heterocycles. The Bertz CT molecular complexity index is 235. The molecule has 0 aromatic carbocycles. The second kappa shape index (κ2) is 3.54. The molecule has 1 saturated heterocycles. The van der Waals surface area contributed by atoms with Gasteiger partial charge in [0.1, 0.15) is 0 Å². The summed E-state index contributed by atoms with van der Waals surface area (Å²) in [6.45, 7) is 1.57. The lowest BCUT2D eigenvalue weighted by Crippen LogP contribution is -2.11. The highest BCUT2D eigenvalue weighted by atomic mass is 32.1. The zero-order valence-electron chi connectivity index (χ0n) is 6.79. The van der Waals surface area contributed by atoms with Gasteiger partial charge in [0.15, 0.2) is 0 Å². The first-order chi connectivity index (χ1) is 5.92. The molecule has 1 aliphatic heterocycles. The Labute approximate surface area is 75.6 Å². The van der Waals surface area contributed by atoms with E-state index in [1.807, 2.05) is 6.07 Å². The van der Waals surface area contributed by atoms with Gasteiger partial charge in [-0.3, -0.25) is 4.39 Å². The van der Waals surface area contributed by atoms with E-state index in [1.165, 1.54) is 4.88 Å². The molecule has 1 aliphatic rings. The molecule has 0 amide bonds. The number of thiophene rings is 1. The minimum absolute atomic E-state index is 0.198. The average Bonchev–Trinajstić information content (AvgIpc) is 2.74. The van der Waals surface area contributed by atoms with Crippen LogP contribution in [-0.2, 0) is 0 Å². The van der Waals surface area contributed by atoms with Gasteiger partial charge in [-0.15, -0.1) is 11.3 Å².